The zero-order chi connectivity index (χ0) is 18.7. The van der Waals surface area contributed by atoms with Gasteiger partial charge in [0.1, 0.15) is 5.01 Å². The van der Waals surface area contributed by atoms with E-state index < -0.39 is 5.97 Å². The van der Waals surface area contributed by atoms with Crippen LogP contribution in [0.4, 0.5) is 5.69 Å². The van der Waals surface area contributed by atoms with Crippen LogP contribution >= 0.6 is 22.9 Å². The van der Waals surface area contributed by atoms with E-state index in [-0.39, 0.29) is 23.8 Å². The average Bonchev–Trinajstić information content (AvgIpc) is 3.03. The molecule has 0 saturated heterocycles. The number of nitrogens with two attached hydrogens (primary N) is 1. The number of hydrogen-bond acceptors (Lipinski definition) is 6. The second-order valence-corrected chi connectivity index (χ2v) is 7.18. The van der Waals surface area contributed by atoms with Gasteiger partial charge < -0.3 is 15.4 Å². The largest absolute Gasteiger partial charge is 0.452 e. The van der Waals surface area contributed by atoms with Crippen molar-refractivity contribution in [3.63, 3.8) is 0 Å². The number of amides is 1. The molecule has 0 aliphatic rings. The predicted molar refractivity (Wildman–Crippen MR) is 102 cm³/mol. The van der Waals surface area contributed by atoms with Crippen molar-refractivity contribution in [3.05, 3.63) is 58.1 Å². The summed E-state index contributed by atoms with van der Waals surface area (Å²) < 4.78 is 6.12. The topological polar surface area (TPSA) is 85.5 Å². The number of nitrogen functional groups attached to an aromatic ring is 1. The van der Waals surface area contributed by atoms with Crippen molar-refractivity contribution in [2.75, 3.05) is 19.4 Å². The van der Waals surface area contributed by atoms with Gasteiger partial charge in [0.05, 0.1) is 22.3 Å². The number of esters is 1. The minimum Gasteiger partial charge on any atom is -0.452 e. The molecule has 0 radical (unpaired) electrons. The van der Waals surface area contributed by atoms with Crippen molar-refractivity contribution in [1.29, 1.82) is 0 Å². The smallest absolute Gasteiger partial charge is 0.340 e. The number of hydrogen-bond donors (Lipinski definition) is 1. The maximum absolute atomic E-state index is 12.2. The number of ether oxygens (including phenoxy) is 1. The molecule has 0 bridgehead atoms. The van der Waals surface area contributed by atoms with Gasteiger partial charge in [-0.1, -0.05) is 23.7 Å². The van der Waals surface area contributed by atoms with Gasteiger partial charge in [-0.25, -0.2) is 9.78 Å². The Bertz CT molecular complexity index is 940. The van der Waals surface area contributed by atoms with E-state index in [1.807, 2.05) is 24.3 Å². The minimum atomic E-state index is -0.688. The highest BCUT2D eigenvalue weighted by Crippen LogP contribution is 2.22. The van der Waals surface area contributed by atoms with Gasteiger partial charge in [-0.15, -0.1) is 11.3 Å². The summed E-state index contributed by atoms with van der Waals surface area (Å²) >= 11 is 7.38. The maximum atomic E-state index is 12.2. The van der Waals surface area contributed by atoms with Crippen molar-refractivity contribution in [2.45, 2.75) is 6.54 Å². The standard InChI is InChI=1S/C18H16ClN3O3S/c1-22(9-16-21-14-4-2-3-5-15(14)26-16)17(23)10-25-18(24)12-8-11(19)6-7-13(12)20/h2-8H,9-10,20H2,1H3. The Labute approximate surface area is 159 Å². The van der Waals surface area contributed by atoms with Gasteiger partial charge in [0.25, 0.3) is 5.91 Å². The van der Waals surface area contributed by atoms with Crippen LogP contribution in [0.1, 0.15) is 15.4 Å². The third-order valence-corrected chi connectivity index (χ3v) is 4.95. The monoisotopic (exact) mass is 389 g/mol. The van der Waals surface area contributed by atoms with E-state index >= 15 is 0 Å². The molecule has 0 unspecified atom stereocenters. The number of halogens is 1. The van der Waals surface area contributed by atoms with E-state index in [9.17, 15) is 9.59 Å². The molecular formula is C18H16ClN3O3S. The normalized spacial score (nSPS) is 10.7. The van der Waals surface area contributed by atoms with E-state index in [2.05, 4.69) is 4.98 Å². The third-order valence-electron chi connectivity index (χ3n) is 3.70. The third kappa shape index (κ3) is 4.12. The van der Waals surface area contributed by atoms with Crippen molar-refractivity contribution >= 4 is 50.7 Å². The van der Waals surface area contributed by atoms with E-state index in [1.54, 1.807) is 13.1 Å². The first-order valence-electron chi connectivity index (χ1n) is 7.74. The molecule has 1 amide bonds. The molecule has 0 fully saturated rings. The molecule has 2 N–H and O–H groups in total. The molecule has 1 heterocycles. The highest BCUT2D eigenvalue weighted by Gasteiger charge is 2.17. The second-order valence-electron chi connectivity index (χ2n) is 5.63. The van der Waals surface area contributed by atoms with Gasteiger partial charge in [0, 0.05) is 17.8 Å². The highest BCUT2D eigenvalue weighted by atomic mass is 35.5. The maximum Gasteiger partial charge on any atom is 0.340 e. The molecule has 1 aromatic heterocycles. The van der Waals surface area contributed by atoms with Crippen LogP contribution in [0.2, 0.25) is 5.02 Å². The molecule has 8 heteroatoms. The van der Waals surface area contributed by atoms with E-state index in [4.69, 9.17) is 22.1 Å². The number of carbonyl (C=O) groups is 2. The number of para-hydroxylation sites is 1. The SMILES string of the molecule is CN(Cc1nc2ccccc2s1)C(=O)COC(=O)c1cc(Cl)ccc1N. The number of nitrogens with zero attached hydrogens (tertiary/aromatic N) is 2. The molecular weight excluding hydrogens is 374 g/mol. The number of anilines is 1. The van der Waals surface area contributed by atoms with Gasteiger partial charge in [-0.05, 0) is 30.3 Å². The summed E-state index contributed by atoms with van der Waals surface area (Å²) in [6.45, 7) is -0.0405. The van der Waals surface area contributed by atoms with E-state index in [0.29, 0.717) is 11.6 Å². The van der Waals surface area contributed by atoms with Gasteiger partial charge in [-0.2, -0.15) is 0 Å². The summed E-state index contributed by atoms with van der Waals surface area (Å²) in [5.74, 6) is -1.02. The first-order chi connectivity index (χ1) is 12.4. The Kier molecular flexibility index (Phi) is 5.39. The summed E-state index contributed by atoms with van der Waals surface area (Å²) in [7, 11) is 1.63. The van der Waals surface area contributed by atoms with Crippen LogP contribution in [0.3, 0.4) is 0 Å². The quantitative estimate of drug-likeness (QED) is 0.534. The molecule has 3 aromatic rings. The number of likely N-dealkylation sites (N-methyl/N-ethyl adjacent to an activating group) is 1. The Morgan fingerprint density at radius 1 is 1.27 bits per heavy atom. The first-order valence-corrected chi connectivity index (χ1v) is 8.94. The molecule has 134 valence electrons. The molecule has 0 saturated carbocycles. The van der Waals surface area contributed by atoms with Gasteiger partial charge >= 0.3 is 5.97 Å². The molecule has 0 atom stereocenters. The summed E-state index contributed by atoms with van der Waals surface area (Å²) in [6.07, 6.45) is 0. The molecule has 26 heavy (non-hydrogen) atoms. The van der Waals surface area contributed by atoms with Crippen molar-refractivity contribution < 1.29 is 14.3 Å². The number of aromatic nitrogens is 1. The molecule has 0 aliphatic carbocycles. The molecule has 6 nitrogen and oxygen atoms in total. The summed E-state index contributed by atoms with van der Waals surface area (Å²) in [4.78, 5) is 30.2. The predicted octanol–water partition coefficient (Wildman–Crippen LogP) is 3.35. The lowest BCUT2D eigenvalue weighted by atomic mass is 10.2. The number of thiazole rings is 1. The molecule has 2 aromatic carbocycles. The Hall–Kier alpha value is -2.64. The number of rotatable bonds is 5. The number of fused-ring (bicyclic) bond motifs is 1. The molecule has 0 spiro atoms. The average molecular weight is 390 g/mol. The van der Waals surface area contributed by atoms with Crippen molar-refractivity contribution in [2.24, 2.45) is 0 Å². The summed E-state index contributed by atoms with van der Waals surface area (Å²) in [6, 6.07) is 12.3. The second kappa shape index (κ2) is 7.72. The minimum absolute atomic E-state index is 0.138. The van der Waals surface area contributed by atoms with Crippen LogP contribution in [0.15, 0.2) is 42.5 Å². The van der Waals surface area contributed by atoms with Crippen LogP contribution in [-0.2, 0) is 16.1 Å². The Morgan fingerprint density at radius 3 is 2.81 bits per heavy atom. The molecule has 0 aliphatic heterocycles. The highest BCUT2D eigenvalue weighted by molar-refractivity contribution is 7.18. The van der Waals surface area contributed by atoms with Crippen LogP contribution < -0.4 is 5.73 Å². The Balaban J connectivity index is 1.58. The van der Waals surface area contributed by atoms with Crippen LogP contribution in [-0.4, -0.2) is 35.4 Å². The van der Waals surface area contributed by atoms with Crippen molar-refractivity contribution in [1.82, 2.24) is 9.88 Å². The van der Waals surface area contributed by atoms with Crippen molar-refractivity contribution in [3.8, 4) is 0 Å². The van der Waals surface area contributed by atoms with Gasteiger partial charge in [-0.3, -0.25) is 4.79 Å². The number of benzene rings is 2. The zero-order valence-electron chi connectivity index (χ0n) is 13.9. The molecule has 3 rings (SSSR count). The zero-order valence-corrected chi connectivity index (χ0v) is 15.5. The van der Waals surface area contributed by atoms with Gasteiger partial charge in [0.15, 0.2) is 6.61 Å². The Morgan fingerprint density at radius 2 is 2.04 bits per heavy atom. The van der Waals surface area contributed by atoms with Crippen LogP contribution in [0, 0.1) is 0 Å². The van der Waals surface area contributed by atoms with Gasteiger partial charge in [0.2, 0.25) is 0 Å². The fourth-order valence-electron chi connectivity index (χ4n) is 2.30. The van der Waals surface area contributed by atoms with Crippen LogP contribution in [0.25, 0.3) is 10.2 Å². The van der Waals surface area contributed by atoms with E-state index in [1.165, 1.54) is 28.4 Å². The fourth-order valence-corrected chi connectivity index (χ4v) is 3.49. The van der Waals surface area contributed by atoms with E-state index in [0.717, 1.165) is 15.2 Å². The lowest BCUT2D eigenvalue weighted by Gasteiger charge is -2.15. The lowest BCUT2D eigenvalue weighted by Crippen LogP contribution is -2.30. The first kappa shape index (κ1) is 18.2. The van der Waals surface area contributed by atoms with Crippen LogP contribution in [0.5, 0.6) is 0 Å². The summed E-state index contributed by atoms with van der Waals surface area (Å²) in [5.41, 5.74) is 7.02. The fraction of sp³-hybridized carbons (Fsp3) is 0.167. The summed E-state index contributed by atoms with van der Waals surface area (Å²) in [5, 5.41) is 1.18. The number of carbonyl (C=O) groups excluding carboxylic acids is 2. The lowest BCUT2D eigenvalue weighted by molar-refractivity contribution is -0.133.